The average molecular weight is 254 g/mol. The zero-order valence-electron chi connectivity index (χ0n) is 9.67. The molecule has 0 bridgehead atoms. The van der Waals surface area contributed by atoms with E-state index >= 15 is 0 Å². The van der Waals surface area contributed by atoms with Crippen molar-refractivity contribution in [3.8, 4) is 11.5 Å². The van der Waals surface area contributed by atoms with E-state index in [-0.39, 0.29) is 12.3 Å². The molecule has 0 saturated heterocycles. The summed E-state index contributed by atoms with van der Waals surface area (Å²) in [5.74, 6) is 1.40. The average Bonchev–Trinajstić information content (AvgIpc) is 2.80. The number of ether oxygens (including phenoxy) is 2. The number of hydrogen-bond acceptors (Lipinski definition) is 3. The monoisotopic (exact) mass is 253 g/mol. The predicted molar refractivity (Wildman–Crippen MR) is 66.5 cm³/mol. The highest BCUT2D eigenvalue weighted by Gasteiger charge is 2.35. The van der Waals surface area contributed by atoms with Gasteiger partial charge in [-0.05, 0) is 18.9 Å². The van der Waals surface area contributed by atoms with Crippen LogP contribution in [0.15, 0.2) is 12.1 Å². The third kappa shape index (κ3) is 1.78. The smallest absolute Gasteiger partial charge is 0.231 e. The second kappa shape index (κ2) is 4.07. The molecular formula is C13H16ClNO2. The van der Waals surface area contributed by atoms with Crippen LogP contribution in [0.4, 0.5) is 0 Å². The number of halogens is 1. The summed E-state index contributed by atoms with van der Waals surface area (Å²) < 4.78 is 10.9. The fourth-order valence-corrected chi connectivity index (χ4v) is 3.01. The molecule has 17 heavy (non-hydrogen) atoms. The Kier molecular flexibility index (Phi) is 2.68. The molecule has 3 nitrogen and oxygen atoms in total. The Bertz CT molecular complexity index is 441. The van der Waals surface area contributed by atoms with Gasteiger partial charge in [0.05, 0.1) is 5.02 Å². The number of fused-ring (bicyclic) bond motifs is 1. The maximum absolute atomic E-state index is 6.52. The van der Waals surface area contributed by atoms with Crippen molar-refractivity contribution in [2.75, 3.05) is 6.79 Å². The van der Waals surface area contributed by atoms with Crippen LogP contribution in [0.3, 0.4) is 0 Å². The van der Waals surface area contributed by atoms with Gasteiger partial charge >= 0.3 is 0 Å². The van der Waals surface area contributed by atoms with Crippen molar-refractivity contribution in [3.63, 3.8) is 0 Å². The van der Waals surface area contributed by atoms with Gasteiger partial charge in [0.1, 0.15) is 0 Å². The van der Waals surface area contributed by atoms with E-state index in [0.29, 0.717) is 10.8 Å². The molecule has 1 aromatic carbocycles. The SMILES string of the molecule is NC1(c2ccc(Cl)c3c2OCO3)CCCCC1. The summed E-state index contributed by atoms with van der Waals surface area (Å²) in [5, 5.41) is 0.598. The van der Waals surface area contributed by atoms with Crippen LogP contribution in [0, 0.1) is 0 Å². The van der Waals surface area contributed by atoms with Gasteiger partial charge < -0.3 is 15.2 Å². The minimum Gasteiger partial charge on any atom is -0.453 e. The molecule has 0 aromatic heterocycles. The Balaban J connectivity index is 2.06. The van der Waals surface area contributed by atoms with Crippen LogP contribution in [0.2, 0.25) is 5.02 Å². The van der Waals surface area contributed by atoms with Crippen LogP contribution >= 0.6 is 11.6 Å². The molecule has 1 aromatic rings. The number of nitrogens with two attached hydrogens (primary N) is 1. The maximum atomic E-state index is 6.52. The van der Waals surface area contributed by atoms with Gasteiger partial charge in [-0.25, -0.2) is 0 Å². The van der Waals surface area contributed by atoms with E-state index in [1.807, 2.05) is 12.1 Å². The fraction of sp³-hybridized carbons (Fsp3) is 0.538. The van der Waals surface area contributed by atoms with Crippen LogP contribution in [-0.4, -0.2) is 6.79 Å². The van der Waals surface area contributed by atoms with E-state index < -0.39 is 0 Å². The van der Waals surface area contributed by atoms with E-state index in [2.05, 4.69) is 0 Å². The summed E-state index contributed by atoms with van der Waals surface area (Å²) in [7, 11) is 0. The van der Waals surface area contributed by atoms with Crippen molar-refractivity contribution >= 4 is 11.6 Å². The van der Waals surface area contributed by atoms with Gasteiger partial charge in [-0.1, -0.05) is 36.9 Å². The second-order valence-electron chi connectivity index (χ2n) is 4.88. The Hall–Kier alpha value is -0.930. The Morgan fingerprint density at radius 3 is 2.53 bits per heavy atom. The lowest BCUT2D eigenvalue weighted by molar-refractivity contribution is 0.170. The second-order valence-corrected chi connectivity index (χ2v) is 5.28. The van der Waals surface area contributed by atoms with Crippen molar-refractivity contribution in [3.05, 3.63) is 22.7 Å². The first-order valence-electron chi connectivity index (χ1n) is 6.08. The Labute approximate surface area is 106 Å². The highest BCUT2D eigenvalue weighted by molar-refractivity contribution is 6.32. The molecule has 4 heteroatoms. The highest BCUT2D eigenvalue weighted by atomic mass is 35.5. The lowest BCUT2D eigenvalue weighted by atomic mass is 9.77. The summed E-state index contributed by atoms with van der Waals surface area (Å²) >= 11 is 6.08. The standard InChI is InChI=1S/C13H16ClNO2/c14-10-5-4-9(11-12(10)17-8-16-11)13(15)6-2-1-3-7-13/h4-5H,1-3,6-8,15H2. The molecule has 3 rings (SSSR count). The molecule has 0 radical (unpaired) electrons. The molecule has 2 N–H and O–H groups in total. The topological polar surface area (TPSA) is 44.5 Å². The number of hydrogen-bond donors (Lipinski definition) is 1. The van der Waals surface area contributed by atoms with Crippen LogP contribution in [0.25, 0.3) is 0 Å². The van der Waals surface area contributed by atoms with Crippen molar-refractivity contribution in [1.29, 1.82) is 0 Å². The molecule has 92 valence electrons. The van der Waals surface area contributed by atoms with Gasteiger partial charge in [0.15, 0.2) is 11.5 Å². The van der Waals surface area contributed by atoms with E-state index in [1.165, 1.54) is 19.3 Å². The molecule has 0 amide bonds. The third-order valence-corrected chi connectivity index (χ3v) is 4.05. The minimum atomic E-state index is -0.277. The molecule has 0 spiro atoms. The Morgan fingerprint density at radius 2 is 1.76 bits per heavy atom. The first-order valence-corrected chi connectivity index (χ1v) is 6.46. The molecule has 1 heterocycles. The summed E-state index contributed by atoms with van der Waals surface area (Å²) in [6, 6.07) is 3.84. The lowest BCUT2D eigenvalue weighted by Crippen LogP contribution is -2.38. The molecule has 0 unspecified atom stereocenters. The van der Waals surface area contributed by atoms with E-state index in [9.17, 15) is 0 Å². The largest absolute Gasteiger partial charge is 0.453 e. The van der Waals surface area contributed by atoms with Gasteiger partial charge in [-0.3, -0.25) is 0 Å². The zero-order chi connectivity index (χ0) is 11.9. The number of benzene rings is 1. The molecule has 1 saturated carbocycles. The van der Waals surface area contributed by atoms with Crippen LogP contribution in [-0.2, 0) is 5.54 Å². The fourth-order valence-electron chi connectivity index (χ4n) is 2.81. The summed E-state index contributed by atoms with van der Waals surface area (Å²) in [4.78, 5) is 0. The summed E-state index contributed by atoms with van der Waals surface area (Å²) in [6.07, 6.45) is 5.63. The van der Waals surface area contributed by atoms with Gasteiger partial charge in [0.25, 0.3) is 0 Å². The normalized spacial score (nSPS) is 21.5. The molecule has 1 aliphatic heterocycles. The predicted octanol–water partition coefficient (Wildman–Crippen LogP) is 3.19. The first-order chi connectivity index (χ1) is 8.21. The minimum absolute atomic E-state index is 0.238. The van der Waals surface area contributed by atoms with Crippen LogP contribution in [0.1, 0.15) is 37.7 Å². The summed E-state index contributed by atoms with van der Waals surface area (Å²) in [5.41, 5.74) is 7.30. The van der Waals surface area contributed by atoms with Gasteiger partial charge in [-0.15, -0.1) is 0 Å². The highest BCUT2D eigenvalue weighted by Crippen LogP contribution is 2.48. The van der Waals surface area contributed by atoms with Crippen LogP contribution < -0.4 is 15.2 Å². The van der Waals surface area contributed by atoms with Gasteiger partial charge in [0, 0.05) is 11.1 Å². The first kappa shape index (κ1) is 11.2. The van der Waals surface area contributed by atoms with E-state index in [1.54, 1.807) is 0 Å². The van der Waals surface area contributed by atoms with Gasteiger partial charge in [0.2, 0.25) is 6.79 Å². The Morgan fingerprint density at radius 1 is 1.06 bits per heavy atom. The molecule has 1 aliphatic carbocycles. The lowest BCUT2D eigenvalue weighted by Gasteiger charge is -2.34. The summed E-state index contributed by atoms with van der Waals surface area (Å²) in [6.45, 7) is 0.238. The molecule has 1 fully saturated rings. The molecule has 0 atom stereocenters. The van der Waals surface area contributed by atoms with E-state index in [4.69, 9.17) is 26.8 Å². The number of rotatable bonds is 1. The van der Waals surface area contributed by atoms with Crippen molar-refractivity contribution in [2.45, 2.75) is 37.6 Å². The van der Waals surface area contributed by atoms with E-state index in [0.717, 1.165) is 24.2 Å². The van der Waals surface area contributed by atoms with Crippen molar-refractivity contribution in [2.24, 2.45) is 5.73 Å². The molecule has 2 aliphatic rings. The maximum Gasteiger partial charge on any atom is 0.231 e. The molecular weight excluding hydrogens is 238 g/mol. The zero-order valence-corrected chi connectivity index (χ0v) is 10.4. The van der Waals surface area contributed by atoms with Gasteiger partial charge in [-0.2, -0.15) is 0 Å². The van der Waals surface area contributed by atoms with Crippen molar-refractivity contribution in [1.82, 2.24) is 0 Å². The third-order valence-electron chi connectivity index (χ3n) is 3.75. The quantitative estimate of drug-likeness (QED) is 0.836. The van der Waals surface area contributed by atoms with Crippen molar-refractivity contribution < 1.29 is 9.47 Å². The van der Waals surface area contributed by atoms with Crippen LogP contribution in [0.5, 0.6) is 11.5 Å².